The number of likely N-dealkylation sites (N-methyl/N-ethyl adjacent to an activating group) is 1. The molecule has 2 rings (SSSR count). The van der Waals surface area contributed by atoms with E-state index in [1.165, 1.54) is 7.11 Å². The third kappa shape index (κ3) is 2.55. The smallest absolute Gasteiger partial charge is 0.325 e. The van der Waals surface area contributed by atoms with Crippen molar-refractivity contribution in [2.75, 3.05) is 20.2 Å². The van der Waals surface area contributed by atoms with Crippen LogP contribution in [0, 0.1) is 0 Å². The molecule has 0 aromatic heterocycles. The first-order valence-corrected chi connectivity index (χ1v) is 7.06. The van der Waals surface area contributed by atoms with Crippen molar-refractivity contribution in [3.63, 3.8) is 0 Å². The standard InChI is InChI=1S/C16H21NO3/c1-3-17(12-14(18)20-2)15(19)16(10-7-11-16)13-8-5-4-6-9-13/h4-6,8-9H,3,7,10-12H2,1-2H3. The summed E-state index contributed by atoms with van der Waals surface area (Å²) in [5.41, 5.74) is 0.616. The molecule has 0 spiro atoms. The fourth-order valence-electron chi connectivity index (χ4n) is 2.76. The van der Waals surface area contributed by atoms with E-state index in [1.54, 1.807) is 4.90 Å². The van der Waals surface area contributed by atoms with E-state index in [0.717, 1.165) is 24.8 Å². The van der Waals surface area contributed by atoms with E-state index in [1.807, 2.05) is 37.3 Å². The zero-order valence-electron chi connectivity index (χ0n) is 12.1. The number of rotatable bonds is 5. The number of carbonyl (C=O) groups is 2. The highest BCUT2D eigenvalue weighted by atomic mass is 16.5. The van der Waals surface area contributed by atoms with Crippen molar-refractivity contribution in [1.82, 2.24) is 4.90 Å². The zero-order chi connectivity index (χ0) is 14.6. The van der Waals surface area contributed by atoms with Crippen LogP contribution in [0.5, 0.6) is 0 Å². The molecule has 1 aliphatic carbocycles. The van der Waals surface area contributed by atoms with Gasteiger partial charge in [-0.1, -0.05) is 36.8 Å². The molecule has 1 amide bonds. The molecule has 0 N–H and O–H groups in total. The normalized spacial score (nSPS) is 16.1. The van der Waals surface area contributed by atoms with Gasteiger partial charge in [-0.3, -0.25) is 9.59 Å². The van der Waals surface area contributed by atoms with Gasteiger partial charge in [0.05, 0.1) is 12.5 Å². The number of ether oxygens (including phenoxy) is 1. The van der Waals surface area contributed by atoms with Crippen molar-refractivity contribution < 1.29 is 14.3 Å². The Morgan fingerprint density at radius 2 is 1.90 bits per heavy atom. The Hall–Kier alpha value is -1.84. The molecule has 1 aliphatic rings. The minimum atomic E-state index is -0.439. The van der Waals surface area contributed by atoms with E-state index in [-0.39, 0.29) is 18.4 Å². The molecular formula is C16H21NO3. The van der Waals surface area contributed by atoms with Gasteiger partial charge >= 0.3 is 5.97 Å². The number of benzene rings is 1. The lowest BCUT2D eigenvalue weighted by Crippen LogP contribution is -2.52. The Morgan fingerprint density at radius 1 is 1.25 bits per heavy atom. The number of methoxy groups -OCH3 is 1. The van der Waals surface area contributed by atoms with E-state index >= 15 is 0 Å². The third-order valence-corrected chi connectivity index (χ3v) is 4.16. The van der Waals surface area contributed by atoms with Gasteiger partial charge in [0.25, 0.3) is 0 Å². The molecule has 0 atom stereocenters. The molecule has 0 heterocycles. The number of amides is 1. The first-order valence-electron chi connectivity index (χ1n) is 7.06. The minimum absolute atomic E-state index is 0.0282. The molecule has 0 radical (unpaired) electrons. The largest absolute Gasteiger partial charge is 0.468 e. The van der Waals surface area contributed by atoms with Gasteiger partial charge in [-0.15, -0.1) is 0 Å². The molecular weight excluding hydrogens is 254 g/mol. The summed E-state index contributed by atoms with van der Waals surface area (Å²) in [5.74, 6) is -0.328. The molecule has 1 aromatic carbocycles. The van der Waals surface area contributed by atoms with Crippen LogP contribution in [0.3, 0.4) is 0 Å². The van der Waals surface area contributed by atoms with Crippen molar-refractivity contribution in [1.29, 1.82) is 0 Å². The zero-order valence-corrected chi connectivity index (χ0v) is 12.1. The van der Waals surface area contributed by atoms with E-state index in [0.29, 0.717) is 6.54 Å². The summed E-state index contributed by atoms with van der Waals surface area (Å²) in [6, 6.07) is 9.87. The highest BCUT2D eigenvalue weighted by molar-refractivity contribution is 5.91. The minimum Gasteiger partial charge on any atom is -0.468 e. The van der Waals surface area contributed by atoms with Gasteiger partial charge in [-0.05, 0) is 25.3 Å². The SMILES string of the molecule is CCN(CC(=O)OC)C(=O)C1(c2ccccc2)CCC1. The number of hydrogen-bond acceptors (Lipinski definition) is 3. The second-order valence-corrected chi connectivity index (χ2v) is 5.20. The summed E-state index contributed by atoms with van der Waals surface area (Å²) < 4.78 is 4.67. The molecule has 1 aromatic rings. The maximum atomic E-state index is 12.8. The van der Waals surface area contributed by atoms with Crippen LogP contribution in [0.2, 0.25) is 0 Å². The van der Waals surface area contributed by atoms with Crippen LogP contribution in [0.4, 0.5) is 0 Å². The quantitative estimate of drug-likeness (QED) is 0.773. The van der Waals surface area contributed by atoms with Crippen LogP contribution in [-0.4, -0.2) is 37.0 Å². The average molecular weight is 275 g/mol. The van der Waals surface area contributed by atoms with Crippen molar-refractivity contribution >= 4 is 11.9 Å². The molecule has 4 heteroatoms. The van der Waals surface area contributed by atoms with Gasteiger partial charge in [-0.25, -0.2) is 0 Å². The lowest BCUT2D eigenvalue weighted by Gasteiger charge is -2.43. The Labute approximate surface area is 119 Å². The van der Waals surface area contributed by atoms with Crippen molar-refractivity contribution in [2.24, 2.45) is 0 Å². The van der Waals surface area contributed by atoms with E-state index < -0.39 is 5.41 Å². The van der Waals surface area contributed by atoms with E-state index in [4.69, 9.17) is 0 Å². The van der Waals surface area contributed by atoms with Crippen LogP contribution in [-0.2, 0) is 19.7 Å². The van der Waals surface area contributed by atoms with Gasteiger partial charge in [0.2, 0.25) is 5.91 Å². The van der Waals surface area contributed by atoms with Crippen molar-refractivity contribution in [3.05, 3.63) is 35.9 Å². The molecule has 108 valence electrons. The lowest BCUT2D eigenvalue weighted by atomic mass is 9.63. The van der Waals surface area contributed by atoms with Crippen LogP contribution in [0.25, 0.3) is 0 Å². The van der Waals surface area contributed by atoms with E-state index in [2.05, 4.69) is 4.74 Å². The van der Waals surface area contributed by atoms with Crippen LogP contribution < -0.4 is 0 Å². The second kappa shape index (κ2) is 6.07. The maximum absolute atomic E-state index is 12.8. The molecule has 1 fully saturated rings. The number of esters is 1. The molecule has 20 heavy (non-hydrogen) atoms. The molecule has 0 bridgehead atoms. The monoisotopic (exact) mass is 275 g/mol. The van der Waals surface area contributed by atoms with E-state index in [9.17, 15) is 9.59 Å². The Kier molecular flexibility index (Phi) is 4.42. The Bertz CT molecular complexity index is 480. The summed E-state index contributed by atoms with van der Waals surface area (Å²) in [6.45, 7) is 2.43. The third-order valence-electron chi connectivity index (χ3n) is 4.16. The fourth-order valence-corrected chi connectivity index (χ4v) is 2.76. The molecule has 4 nitrogen and oxygen atoms in total. The van der Waals surface area contributed by atoms with Crippen LogP contribution in [0.15, 0.2) is 30.3 Å². The summed E-state index contributed by atoms with van der Waals surface area (Å²) >= 11 is 0. The molecule has 1 saturated carbocycles. The molecule has 0 unspecified atom stereocenters. The van der Waals surface area contributed by atoms with Gasteiger partial charge in [0.1, 0.15) is 6.54 Å². The lowest BCUT2D eigenvalue weighted by molar-refractivity contribution is -0.150. The predicted molar refractivity (Wildman–Crippen MR) is 76.2 cm³/mol. The molecule has 0 saturated heterocycles. The number of nitrogens with zero attached hydrogens (tertiary/aromatic N) is 1. The first kappa shape index (κ1) is 14.6. The Balaban J connectivity index is 2.22. The summed E-state index contributed by atoms with van der Waals surface area (Å²) in [5, 5.41) is 0. The summed E-state index contributed by atoms with van der Waals surface area (Å²) in [4.78, 5) is 25.9. The van der Waals surface area contributed by atoms with Gasteiger partial charge in [-0.2, -0.15) is 0 Å². The summed E-state index contributed by atoms with van der Waals surface area (Å²) in [7, 11) is 1.34. The number of carbonyl (C=O) groups excluding carboxylic acids is 2. The highest BCUT2D eigenvalue weighted by Gasteiger charge is 2.47. The van der Waals surface area contributed by atoms with Crippen LogP contribution in [0.1, 0.15) is 31.7 Å². The number of hydrogen-bond donors (Lipinski definition) is 0. The molecule has 0 aliphatic heterocycles. The summed E-state index contributed by atoms with van der Waals surface area (Å²) in [6.07, 6.45) is 2.76. The second-order valence-electron chi connectivity index (χ2n) is 5.20. The van der Waals surface area contributed by atoms with Gasteiger partial charge in [0, 0.05) is 6.54 Å². The topological polar surface area (TPSA) is 46.6 Å². The van der Waals surface area contributed by atoms with Gasteiger partial charge in [0.15, 0.2) is 0 Å². The van der Waals surface area contributed by atoms with Crippen molar-refractivity contribution in [2.45, 2.75) is 31.6 Å². The van der Waals surface area contributed by atoms with Crippen LogP contribution >= 0.6 is 0 Å². The fraction of sp³-hybridized carbons (Fsp3) is 0.500. The first-order chi connectivity index (χ1) is 9.64. The highest BCUT2D eigenvalue weighted by Crippen LogP contribution is 2.45. The Morgan fingerprint density at radius 3 is 2.35 bits per heavy atom. The van der Waals surface area contributed by atoms with Gasteiger partial charge < -0.3 is 9.64 Å². The van der Waals surface area contributed by atoms with Crippen molar-refractivity contribution in [3.8, 4) is 0 Å². The average Bonchev–Trinajstić information content (AvgIpc) is 2.44. The maximum Gasteiger partial charge on any atom is 0.325 e. The predicted octanol–water partition coefficient (Wildman–Crippen LogP) is 2.13.